The van der Waals surface area contributed by atoms with Crippen LogP contribution in [0.25, 0.3) is 0 Å². The topological polar surface area (TPSA) is 66.8 Å². The van der Waals surface area contributed by atoms with Gasteiger partial charge in [0.2, 0.25) is 0 Å². The van der Waals surface area contributed by atoms with Crippen LogP contribution in [0.15, 0.2) is 40.4 Å². The van der Waals surface area contributed by atoms with E-state index in [0.717, 1.165) is 11.6 Å². The fourth-order valence-corrected chi connectivity index (χ4v) is 5.86. The average Bonchev–Trinajstić information content (AvgIpc) is 3.08. The van der Waals surface area contributed by atoms with Gasteiger partial charge in [-0.25, -0.2) is 8.42 Å². The Kier molecular flexibility index (Phi) is 5.04. The third-order valence-corrected chi connectivity index (χ3v) is 7.50. The van der Waals surface area contributed by atoms with Crippen molar-refractivity contribution in [2.45, 2.75) is 31.4 Å². The highest BCUT2D eigenvalue weighted by Crippen LogP contribution is 2.39. The summed E-state index contributed by atoms with van der Waals surface area (Å²) in [7, 11) is -3.11. The van der Waals surface area contributed by atoms with Crippen molar-refractivity contribution in [2.24, 2.45) is 4.99 Å². The van der Waals surface area contributed by atoms with Crippen LogP contribution in [0.5, 0.6) is 0 Å². The molecule has 0 unspecified atom stereocenters. The zero-order chi connectivity index (χ0) is 20.8. The van der Waals surface area contributed by atoms with Gasteiger partial charge < -0.3 is 4.90 Å². The normalized spacial score (nSPS) is 22.4. The maximum absolute atomic E-state index is 13.3. The largest absolute Gasteiger partial charge is 0.416 e. The summed E-state index contributed by atoms with van der Waals surface area (Å²) in [5.41, 5.74) is 1.46. The van der Waals surface area contributed by atoms with E-state index in [4.69, 9.17) is 0 Å². The lowest BCUT2D eigenvalue weighted by Crippen LogP contribution is -2.42. The lowest BCUT2D eigenvalue weighted by atomic mass is 9.86. The molecule has 1 saturated heterocycles. The number of hydrogen-bond acceptors (Lipinski definition) is 4. The van der Waals surface area contributed by atoms with Crippen LogP contribution in [0.3, 0.4) is 0 Å². The summed E-state index contributed by atoms with van der Waals surface area (Å²) < 4.78 is 63.5. The van der Waals surface area contributed by atoms with Crippen LogP contribution in [0.4, 0.5) is 13.2 Å². The highest BCUT2D eigenvalue weighted by Gasteiger charge is 2.38. The number of piperidine rings is 1. The van der Waals surface area contributed by atoms with Crippen molar-refractivity contribution in [2.75, 3.05) is 31.1 Å². The van der Waals surface area contributed by atoms with Crippen LogP contribution < -0.4 is 0 Å². The molecule has 0 aliphatic carbocycles. The number of carbonyl (C=O) groups is 1. The van der Waals surface area contributed by atoms with Crippen LogP contribution >= 0.6 is 0 Å². The van der Waals surface area contributed by atoms with Crippen molar-refractivity contribution in [3.05, 3.63) is 46.5 Å². The zero-order valence-electron chi connectivity index (χ0n) is 15.7. The maximum Gasteiger partial charge on any atom is 0.416 e. The number of sulfone groups is 1. The van der Waals surface area contributed by atoms with Gasteiger partial charge in [-0.1, -0.05) is 18.2 Å². The first kappa shape index (κ1) is 20.1. The van der Waals surface area contributed by atoms with Crippen LogP contribution in [-0.4, -0.2) is 56.1 Å². The number of alkyl halides is 3. The van der Waals surface area contributed by atoms with Gasteiger partial charge in [0.15, 0.2) is 9.84 Å². The van der Waals surface area contributed by atoms with E-state index in [1.54, 1.807) is 11.0 Å². The minimum atomic E-state index is -4.40. The average molecular weight is 426 g/mol. The van der Waals surface area contributed by atoms with Crippen molar-refractivity contribution in [3.63, 3.8) is 0 Å². The minimum Gasteiger partial charge on any atom is -0.337 e. The quantitative estimate of drug-likeness (QED) is 0.730. The third-order valence-electron chi connectivity index (χ3n) is 5.89. The first-order valence-electron chi connectivity index (χ1n) is 9.57. The Hall–Kier alpha value is -2.16. The van der Waals surface area contributed by atoms with E-state index in [0.29, 0.717) is 43.6 Å². The van der Waals surface area contributed by atoms with Crippen LogP contribution in [-0.2, 0) is 20.8 Å². The third kappa shape index (κ3) is 3.97. The highest BCUT2D eigenvalue weighted by molar-refractivity contribution is 7.91. The highest BCUT2D eigenvalue weighted by atomic mass is 32.2. The van der Waals surface area contributed by atoms with Gasteiger partial charge in [0, 0.05) is 13.1 Å². The molecule has 1 fully saturated rings. The Balaban J connectivity index is 1.45. The number of nitrogens with zero attached hydrogens (tertiary/aromatic N) is 2. The van der Waals surface area contributed by atoms with E-state index < -0.39 is 21.6 Å². The summed E-state index contributed by atoms with van der Waals surface area (Å²) in [6, 6.07) is 5.62. The Morgan fingerprint density at radius 3 is 2.52 bits per heavy atom. The number of likely N-dealkylation sites (tertiary alicyclic amines) is 1. The van der Waals surface area contributed by atoms with E-state index in [-0.39, 0.29) is 35.4 Å². The second-order valence-corrected chi connectivity index (χ2v) is 9.92. The molecule has 0 bridgehead atoms. The number of hydrogen-bond donors (Lipinski definition) is 0. The Morgan fingerprint density at radius 1 is 1.14 bits per heavy atom. The molecule has 9 heteroatoms. The van der Waals surface area contributed by atoms with Crippen LogP contribution in [0, 0.1) is 0 Å². The second-order valence-electron chi connectivity index (χ2n) is 7.74. The molecule has 0 radical (unpaired) electrons. The van der Waals surface area contributed by atoms with Gasteiger partial charge >= 0.3 is 6.18 Å². The number of benzene rings is 1. The van der Waals surface area contributed by atoms with E-state index >= 15 is 0 Å². The molecule has 0 N–H and O–H groups in total. The second kappa shape index (κ2) is 7.27. The molecular formula is C20H21F3N2O3S. The first-order valence-corrected chi connectivity index (χ1v) is 11.4. The van der Waals surface area contributed by atoms with Gasteiger partial charge in [-0.15, -0.1) is 0 Å². The van der Waals surface area contributed by atoms with Gasteiger partial charge in [0.05, 0.1) is 23.6 Å². The Morgan fingerprint density at radius 2 is 1.83 bits per heavy atom. The zero-order valence-corrected chi connectivity index (χ0v) is 16.5. The fraction of sp³-hybridized carbons (Fsp3) is 0.500. The van der Waals surface area contributed by atoms with Gasteiger partial charge in [-0.3, -0.25) is 9.79 Å². The van der Waals surface area contributed by atoms with Gasteiger partial charge in [-0.05, 0) is 48.0 Å². The van der Waals surface area contributed by atoms with E-state index in [2.05, 4.69) is 4.99 Å². The Bertz CT molecular complexity index is 1000. The maximum atomic E-state index is 13.3. The molecule has 0 aromatic heterocycles. The van der Waals surface area contributed by atoms with Crippen LogP contribution in [0.1, 0.15) is 36.3 Å². The number of rotatable bonds is 2. The fourth-order valence-electron chi connectivity index (χ4n) is 4.41. The molecule has 1 aromatic carbocycles. The molecule has 1 aromatic rings. The predicted molar refractivity (Wildman–Crippen MR) is 103 cm³/mol. The van der Waals surface area contributed by atoms with E-state index in [1.165, 1.54) is 12.1 Å². The van der Waals surface area contributed by atoms with Crippen molar-refractivity contribution >= 4 is 21.5 Å². The van der Waals surface area contributed by atoms with Crippen molar-refractivity contribution in [3.8, 4) is 0 Å². The van der Waals surface area contributed by atoms with Gasteiger partial charge in [0.1, 0.15) is 5.71 Å². The van der Waals surface area contributed by atoms with Crippen molar-refractivity contribution in [1.29, 1.82) is 0 Å². The molecule has 3 aliphatic heterocycles. The summed E-state index contributed by atoms with van der Waals surface area (Å²) in [6.45, 7) is 0.955. The van der Waals surface area contributed by atoms with Crippen molar-refractivity contribution in [1.82, 2.24) is 4.90 Å². The molecule has 5 nitrogen and oxygen atoms in total. The monoisotopic (exact) mass is 426 g/mol. The first-order chi connectivity index (χ1) is 13.7. The molecule has 0 atom stereocenters. The van der Waals surface area contributed by atoms with Crippen molar-refractivity contribution < 1.29 is 26.4 Å². The lowest BCUT2D eigenvalue weighted by Gasteiger charge is -2.33. The molecule has 0 spiro atoms. The SMILES string of the molecule is O=C(C1=NCC2=C1CCS(=O)(=O)C2)N1CCC(c2ccccc2C(F)(F)F)CC1. The predicted octanol–water partition coefficient (Wildman–Crippen LogP) is 2.98. The van der Waals surface area contributed by atoms with Gasteiger partial charge in [-0.2, -0.15) is 13.2 Å². The lowest BCUT2D eigenvalue weighted by molar-refractivity contribution is -0.138. The molecular weight excluding hydrogens is 405 g/mol. The molecule has 1 amide bonds. The summed E-state index contributed by atoms with van der Waals surface area (Å²) in [4.78, 5) is 18.8. The summed E-state index contributed by atoms with van der Waals surface area (Å²) in [5, 5.41) is 0. The molecule has 29 heavy (non-hydrogen) atoms. The number of halogens is 3. The molecule has 3 aliphatic rings. The van der Waals surface area contributed by atoms with E-state index in [9.17, 15) is 26.4 Å². The van der Waals surface area contributed by atoms with Gasteiger partial charge in [0.25, 0.3) is 5.91 Å². The number of aliphatic imine (C=N–C) groups is 1. The smallest absolute Gasteiger partial charge is 0.337 e. The summed E-state index contributed by atoms with van der Waals surface area (Å²) in [6.07, 6.45) is -3.19. The summed E-state index contributed by atoms with van der Waals surface area (Å²) in [5.74, 6) is -0.512. The standard InChI is InChI=1S/C20H21F3N2O3S/c21-20(22,23)17-4-2-1-3-15(17)13-5-8-25(9-6-13)19(26)18-16-7-10-29(27,28)12-14(16)11-24-18/h1-4,13H,5-12H2. The molecule has 4 rings (SSSR count). The minimum absolute atomic E-state index is 0.0223. The molecule has 0 saturated carbocycles. The Labute approximate surface area is 167 Å². The number of amides is 1. The van der Waals surface area contributed by atoms with Crippen LogP contribution in [0.2, 0.25) is 0 Å². The molecule has 156 valence electrons. The van der Waals surface area contributed by atoms with E-state index in [1.807, 2.05) is 0 Å². The summed E-state index contributed by atoms with van der Waals surface area (Å²) >= 11 is 0. The molecule has 3 heterocycles. The number of carbonyl (C=O) groups excluding carboxylic acids is 1.